The monoisotopic (exact) mass is 356 g/mol. The number of nitrogens with one attached hydrogen (secondary N) is 2. The third kappa shape index (κ3) is 3.56. The summed E-state index contributed by atoms with van der Waals surface area (Å²) in [7, 11) is 0. The summed E-state index contributed by atoms with van der Waals surface area (Å²) < 4.78 is 0. The zero-order valence-corrected chi connectivity index (χ0v) is 14.3. The van der Waals surface area contributed by atoms with E-state index in [-0.39, 0.29) is 23.3 Å². The fourth-order valence-corrected chi connectivity index (χ4v) is 3.15. The van der Waals surface area contributed by atoms with Gasteiger partial charge in [0.25, 0.3) is 5.91 Å². The molecule has 0 aliphatic carbocycles. The molecule has 1 saturated heterocycles. The quantitative estimate of drug-likeness (QED) is 0.701. The highest BCUT2D eigenvalue weighted by Crippen LogP contribution is 2.32. The molecule has 0 saturated carbocycles. The van der Waals surface area contributed by atoms with Gasteiger partial charge in [0, 0.05) is 18.9 Å². The van der Waals surface area contributed by atoms with Crippen molar-refractivity contribution in [2.75, 3.05) is 11.9 Å². The van der Waals surface area contributed by atoms with Crippen molar-refractivity contribution in [1.29, 1.82) is 0 Å². The van der Waals surface area contributed by atoms with Gasteiger partial charge in [-0.25, -0.2) is 4.98 Å². The molecule has 26 heavy (non-hydrogen) atoms. The molecule has 1 aliphatic rings. The molecule has 0 unspecified atom stereocenters. The molecule has 136 valence electrons. The Kier molecular flexibility index (Phi) is 4.97. The van der Waals surface area contributed by atoms with Gasteiger partial charge in [-0.05, 0) is 37.0 Å². The first kappa shape index (κ1) is 17.6. The van der Waals surface area contributed by atoms with Crippen molar-refractivity contribution in [2.45, 2.75) is 25.8 Å². The smallest absolute Gasteiger partial charge is 0.315 e. The Morgan fingerprint density at radius 1 is 1.27 bits per heavy atom. The molecule has 9 heteroatoms. The van der Waals surface area contributed by atoms with Crippen LogP contribution < -0.4 is 11.1 Å². The fourth-order valence-electron chi connectivity index (χ4n) is 3.15. The van der Waals surface area contributed by atoms with E-state index in [4.69, 9.17) is 5.73 Å². The standard InChI is InChI=1S/C17H20N6O3/c1-10-4-5-13(12-6-8-20-22-12)23(9-10)17(26)16(25)21-15-11(14(18)24)3-2-7-19-15/h2-3,6-8,10,13H,4-5,9H2,1H3,(H2,18,24)(H,20,22)(H,19,21,25)/t10-,13+/m1/s1. The molecule has 1 aliphatic heterocycles. The number of likely N-dealkylation sites (tertiary alicyclic amines) is 1. The predicted octanol–water partition coefficient (Wildman–Crippen LogP) is 0.842. The van der Waals surface area contributed by atoms with Gasteiger partial charge in [0.15, 0.2) is 0 Å². The second-order valence-corrected chi connectivity index (χ2v) is 6.39. The average Bonchev–Trinajstić information content (AvgIpc) is 3.15. The van der Waals surface area contributed by atoms with Crippen LogP contribution in [0.4, 0.5) is 5.82 Å². The maximum atomic E-state index is 12.8. The van der Waals surface area contributed by atoms with E-state index in [0.717, 1.165) is 18.5 Å². The van der Waals surface area contributed by atoms with E-state index in [9.17, 15) is 14.4 Å². The summed E-state index contributed by atoms with van der Waals surface area (Å²) in [5, 5.41) is 9.20. The van der Waals surface area contributed by atoms with Crippen molar-refractivity contribution in [3.63, 3.8) is 0 Å². The topological polar surface area (TPSA) is 134 Å². The Hall–Kier alpha value is -3.23. The van der Waals surface area contributed by atoms with E-state index in [1.54, 1.807) is 12.3 Å². The highest BCUT2D eigenvalue weighted by molar-refractivity contribution is 6.39. The average molecular weight is 356 g/mol. The van der Waals surface area contributed by atoms with Gasteiger partial charge in [0.2, 0.25) is 0 Å². The molecule has 4 N–H and O–H groups in total. The van der Waals surface area contributed by atoms with E-state index in [2.05, 4.69) is 20.5 Å². The Balaban J connectivity index is 1.80. The van der Waals surface area contributed by atoms with Gasteiger partial charge >= 0.3 is 11.8 Å². The number of carbonyl (C=O) groups is 3. The lowest BCUT2D eigenvalue weighted by Crippen LogP contribution is -2.46. The maximum Gasteiger partial charge on any atom is 0.315 e. The fraction of sp³-hybridized carbons (Fsp3) is 0.353. The van der Waals surface area contributed by atoms with Crippen LogP contribution in [-0.2, 0) is 9.59 Å². The van der Waals surface area contributed by atoms with Crippen LogP contribution in [0, 0.1) is 5.92 Å². The maximum absolute atomic E-state index is 12.8. The summed E-state index contributed by atoms with van der Waals surface area (Å²) in [6.07, 6.45) is 4.70. The number of amides is 3. The summed E-state index contributed by atoms with van der Waals surface area (Å²) in [5.41, 5.74) is 6.11. The Morgan fingerprint density at radius 3 is 2.77 bits per heavy atom. The number of hydrogen-bond donors (Lipinski definition) is 3. The van der Waals surface area contributed by atoms with Crippen LogP contribution in [0.5, 0.6) is 0 Å². The predicted molar refractivity (Wildman–Crippen MR) is 92.8 cm³/mol. The Morgan fingerprint density at radius 2 is 2.08 bits per heavy atom. The molecular formula is C17H20N6O3. The highest BCUT2D eigenvalue weighted by atomic mass is 16.2. The summed E-state index contributed by atoms with van der Waals surface area (Å²) in [5.74, 6) is -2.02. The number of piperidine rings is 1. The normalized spacial score (nSPS) is 19.8. The number of nitrogens with two attached hydrogens (primary N) is 1. The summed E-state index contributed by atoms with van der Waals surface area (Å²) >= 11 is 0. The van der Waals surface area contributed by atoms with Gasteiger partial charge in [0.1, 0.15) is 5.82 Å². The first-order chi connectivity index (χ1) is 12.5. The summed E-state index contributed by atoms with van der Waals surface area (Å²) in [6, 6.07) is 4.51. The molecule has 2 aromatic rings. The van der Waals surface area contributed by atoms with Crippen LogP contribution in [0.2, 0.25) is 0 Å². The lowest BCUT2D eigenvalue weighted by Gasteiger charge is -2.37. The molecule has 0 aromatic carbocycles. The summed E-state index contributed by atoms with van der Waals surface area (Å²) in [6.45, 7) is 2.49. The van der Waals surface area contributed by atoms with Crippen LogP contribution in [0.1, 0.15) is 41.9 Å². The van der Waals surface area contributed by atoms with Gasteiger partial charge < -0.3 is 16.0 Å². The van der Waals surface area contributed by atoms with E-state index in [1.165, 1.54) is 23.2 Å². The molecule has 3 heterocycles. The summed E-state index contributed by atoms with van der Waals surface area (Å²) in [4.78, 5) is 42.2. The highest BCUT2D eigenvalue weighted by Gasteiger charge is 2.35. The van der Waals surface area contributed by atoms with E-state index in [0.29, 0.717) is 6.54 Å². The zero-order valence-electron chi connectivity index (χ0n) is 14.3. The number of hydrogen-bond acceptors (Lipinski definition) is 5. The van der Waals surface area contributed by atoms with Crippen molar-refractivity contribution < 1.29 is 14.4 Å². The lowest BCUT2D eigenvalue weighted by atomic mass is 9.92. The van der Waals surface area contributed by atoms with Gasteiger partial charge in [-0.1, -0.05) is 6.92 Å². The van der Waals surface area contributed by atoms with E-state index < -0.39 is 17.7 Å². The third-order valence-corrected chi connectivity index (χ3v) is 4.46. The number of H-pyrrole nitrogens is 1. The van der Waals surface area contributed by atoms with Crippen LogP contribution in [0.3, 0.4) is 0 Å². The Labute approximate surface area is 150 Å². The van der Waals surface area contributed by atoms with Crippen molar-refractivity contribution in [3.05, 3.63) is 41.9 Å². The number of aromatic nitrogens is 3. The number of carbonyl (C=O) groups excluding carboxylic acids is 3. The first-order valence-corrected chi connectivity index (χ1v) is 8.33. The van der Waals surface area contributed by atoms with Crippen molar-refractivity contribution >= 4 is 23.5 Å². The van der Waals surface area contributed by atoms with Gasteiger partial charge in [0.05, 0.1) is 17.3 Å². The van der Waals surface area contributed by atoms with Crippen LogP contribution in [-0.4, -0.2) is 44.3 Å². The van der Waals surface area contributed by atoms with E-state index in [1.807, 2.05) is 6.92 Å². The zero-order chi connectivity index (χ0) is 18.7. The molecule has 2 atom stereocenters. The molecule has 3 rings (SSSR count). The largest absolute Gasteiger partial charge is 0.365 e. The molecule has 9 nitrogen and oxygen atoms in total. The van der Waals surface area contributed by atoms with Crippen molar-refractivity contribution in [1.82, 2.24) is 20.1 Å². The van der Waals surface area contributed by atoms with Gasteiger partial charge in [-0.3, -0.25) is 19.5 Å². The minimum absolute atomic E-state index is 0.0264. The number of nitrogens with zero attached hydrogens (tertiary/aromatic N) is 3. The minimum Gasteiger partial charge on any atom is -0.365 e. The van der Waals surface area contributed by atoms with E-state index >= 15 is 0 Å². The molecule has 0 spiro atoms. The first-order valence-electron chi connectivity index (χ1n) is 8.33. The van der Waals surface area contributed by atoms with Crippen LogP contribution in [0.25, 0.3) is 0 Å². The molecule has 0 bridgehead atoms. The number of primary amides is 1. The van der Waals surface area contributed by atoms with Crippen molar-refractivity contribution in [3.8, 4) is 0 Å². The van der Waals surface area contributed by atoms with Gasteiger partial charge in [-0.15, -0.1) is 0 Å². The SMILES string of the molecule is C[C@@H]1CC[C@@H](c2ccn[nH]2)N(C(=O)C(=O)Nc2ncccc2C(N)=O)C1. The van der Waals surface area contributed by atoms with Crippen LogP contribution in [0.15, 0.2) is 30.6 Å². The molecule has 1 fully saturated rings. The second kappa shape index (κ2) is 7.34. The number of pyridine rings is 1. The van der Waals surface area contributed by atoms with Crippen LogP contribution >= 0.6 is 0 Å². The third-order valence-electron chi connectivity index (χ3n) is 4.46. The lowest BCUT2D eigenvalue weighted by molar-refractivity contribution is -0.146. The number of anilines is 1. The molecule has 2 aromatic heterocycles. The number of rotatable bonds is 3. The number of aromatic amines is 1. The molecule has 0 radical (unpaired) electrons. The second-order valence-electron chi connectivity index (χ2n) is 6.39. The molecule has 3 amide bonds. The Bertz CT molecular complexity index is 820. The van der Waals surface area contributed by atoms with Crippen molar-refractivity contribution in [2.24, 2.45) is 11.7 Å². The molecular weight excluding hydrogens is 336 g/mol. The van der Waals surface area contributed by atoms with Gasteiger partial charge in [-0.2, -0.15) is 5.10 Å². The minimum atomic E-state index is -0.857.